The molecule has 1 aromatic carbocycles. The van der Waals surface area contributed by atoms with Gasteiger partial charge in [0.15, 0.2) is 0 Å². The third-order valence-corrected chi connectivity index (χ3v) is 3.37. The molecular weight excluding hydrogens is 285 g/mol. The van der Waals surface area contributed by atoms with E-state index in [1.54, 1.807) is 31.2 Å². The summed E-state index contributed by atoms with van der Waals surface area (Å²) >= 11 is 11.9. The van der Waals surface area contributed by atoms with E-state index in [1.165, 1.54) is 6.20 Å². The first-order valence-corrected chi connectivity index (χ1v) is 6.22. The van der Waals surface area contributed by atoms with Crippen LogP contribution in [0.25, 0.3) is 0 Å². The molecule has 0 saturated carbocycles. The Labute approximate surface area is 120 Å². The summed E-state index contributed by atoms with van der Waals surface area (Å²) in [5, 5.41) is 3.36. The lowest BCUT2D eigenvalue weighted by Gasteiger charge is -2.10. The Bertz CT molecular complexity index is 644. The van der Waals surface area contributed by atoms with Crippen molar-refractivity contribution >= 4 is 40.5 Å². The normalized spacial score (nSPS) is 10.3. The Morgan fingerprint density at radius 1 is 1.37 bits per heavy atom. The van der Waals surface area contributed by atoms with E-state index in [2.05, 4.69) is 10.3 Å². The van der Waals surface area contributed by atoms with Crippen molar-refractivity contribution in [3.05, 3.63) is 51.8 Å². The molecule has 0 aliphatic heterocycles. The topological polar surface area (TPSA) is 68.0 Å². The van der Waals surface area contributed by atoms with Gasteiger partial charge in [-0.3, -0.25) is 9.78 Å². The Kier molecular flexibility index (Phi) is 3.93. The van der Waals surface area contributed by atoms with E-state index >= 15 is 0 Å². The van der Waals surface area contributed by atoms with Gasteiger partial charge in [0.1, 0.15) is 0 Å². The molecule has 0 atom stereocenters. The number of carbonyl (C=O) groups is 1. The van der Waals surface area contributed by atoms with Gasteiger partial charge in [-0.25, -0.2) is 0 Å². The predicted molar refractivity (Wildman–Crippen MR) is 77.8 cm³/mol. The van der Waals surface area contributed by atoms with Crippen molar-refractivity contribution in [3.63, 3.8) is 0 Å². The summed E-state index contributed by atoms with van der Waals surface area (Å²) in [7, 11) is 0. The first-order chi connectivity index (χ1) is 8.99. The van der Waals surface area contributed by atoms with E-state index in [0.29, 0.717) is 32.7 Å². The minimum absolute atomic E-state index is 0.298. The van der Waals surface area contributed by atoms with Gasteiger partial charge in [0.05, 0.1) is 38.9 Å². The fourth-order valence-electron chi connectivity index (χ4n) is 1.57. The van der Waals surface area contributed by atoms with Crippen LogP contribution in [0.4, 0.5) is 11.4 Å². The fraction of sp³-hybridized carbons (Fsp3) is 0.0769. The molecule has 4 nitrogen and oxygen atoms in total. The van der Waals surface area contributed by atoms with Crippen LogP contribution in [0.2, 0.25) is 10.0 Å². The van der Waals surface area contributed by atoms with Gasteiger partial charge in [0.2, 0.25) is 0 Å². The molecule has 2 rings (SSSR count). The van der Waals surface area contributed by atoms with Crippen LogP contribution in [-0.4, -0.2) is 10.9 Å². The number of halogens is 2. The molecular formula is C13H11Cl2N3O. The van der Waals surface area contributed by atoms with Crippen LogP contribution in [0.15, 0.2) is 30.5 Å². The summed E-state index contributed by atoms with van der Waals surface area (Å²) in [5.74, 6) is -0.332. The zero-order chi connectivity index (χ0) is 14.0. The summed E-state index contributed by atoms with van der Waals surface area (Å²) in [6, 6.07) is 6.58. The summed E-state index contributed by atoms with van der Waals surface area (Å²) in [4.78, 5) is 16.2. The van der Waals surface area contributed by atoms with Crippen LogP contribution in [0.1, 0.15) is 16.1 Å². The van der Waals surface area contributed by atoms with Crippen molar-refractivity contribution in [2.75, 3.05) is 11.1 Å². The standard InChI is InChI=1S/C13H11Cl2N3O/c1-7-9(5-8(16)6-17-7)13(19)18-11-4-2-3-10(14)12(11)15/h2-6H,16H2,1H3,(H,18,19). The third-order valence-electron chi connectivity index (χ3n) is 2.55. The van der Waals surface area contributed by atoms with Crippen LogP contribution in [0.3, 0.4) is 0 Å². The number of aromatic nitrogens is 1. The zero-order valence-electron chi connectivity index (χ0n) is 10.1. The second-order valence-electron chi connectivity index (χ2n) is 3.96. The van der Waals surface area contributed by atoms with Gasteiger partial charge in [0.25, 0.3) is 5.91 Å². The molecule has 3 N–H and O–H groups in total. The molecule has 1 amide bonds. The molecule has 0 aliphatic carbocycles. The van der Waals surface area contributed by atoms with Crippen LogP contribution in [-0.2, 0) is 0 Å². The van der Waals surface area contributed by atoms with Gasteiger partial charge >= 0.3 is 0 Å². The Morgan fingerprint density at radius 3 is 2.84 bits per heavy atom. The summed E-state index contributed by atoms with van der Waals surface area (Å²) < 4.78 is 0. The molecule has 0 fully saturated rings. The number of benzene rings is 1. The van der Waals surface area contributed by atoms with Crippen LogP contribution >= 0.6 is 23.2 Å². The minimum atomic E-state index is -0.332. The molecule has 0 spiro atoms. The van der Waals surface area contributed by atoms with Crippen molar-refractivity contribution in [2.24, 2.45) is 0 Å². The van der Waals surface area contributed by atoms with E-state index in [-0.39, 0.29) is 5.91 Å². The number of carbonyl (C=O) groups excluding carboxylic acids is 1. The highest BCUT2D eigenvalue weighted by molar-refractivity contribution is 6.44. The molecule has 98 valence electrons. The van der Waals surface area contributed by atoms with Crippen molar-refractivity contribution in [2.45, 2.75) is 6.92 Å². The Morgan fingerprint density at radius 2 is 2.11 bits per heavy atom. The lowest BCUT2D eigenvalue weighted by molar-refractivity contribution is 0.102. The fourth-order valence-corrected chi connectivity index (χ4v) is 1.92. The summed E-state index contributed by atoms with van der Waals surface area (Å²) in [5.41, 5.74) is 7.48. The molecule has 0 unspecified atom stereocenters. The number of hydrogen-bond acceptors (Lipinski definition) is 3. The highest BCUT2D eigenvalue weighted by atomic mass is 35.5. The van der Waals surface area contributed by atoms with Crippen molar-refractivity contribution in [3.8, 4) is 0 Å². The SMILES string of the molecule is Cc1ncc(N)cc1C(=O)Nc1cccc(Cl)c1Cl. The van der Waals surface area contributed by atoms with Crippen LogP contribution in [0.5, 0.6) is 0 Å². The number of anilines is 2. The summed E-state index contributed by atoms with van der Waals surface area (Å²) in [6.07, 6.45) is 1.50. The van der Waals surface area contributed by atoms with Gasteiger partial charge in [-0.2, -0.15) is 0 Å². The first-order valence-electron chi connectivity index (χ1n) is 5.46. The average Bonchev–Trinajstić information content (AvgIpc) is 2.38. The highest BCUT2D eigenvalue weighted by Gasteiger charge is 2.13. The van der Waals surface area contributed by atoms with Gasteiger partial charge in [-0.05, 0) is 25.1 Å². The number of nitrogens with two attached hydrogens (primary N) is 1. The van der Waals surface area contributed by atoms with Crippen molar-refractivity contribution in [1.82, 2.24) is 4.98 Å². The average molecular weight is 296 g/mol. The quantitative estimate of drug-likeness (QED) is 0.890. The molecule has 0 radical (unpaired) electrons. The number of pyridine rings is 1. The molecule has 1 heterocycles. The first kappa shape index (κ1) is 13.6. The van der Waals surface area contributed by atoms with Gasteiger partial charge in [-0.1, -0.05) is 29.3 Å². The second kappa shape index (κ2) is 5.47. The Balaban J connectivity index is 2.31. The second-order valence-corrected chi connectivity index (χ2v) is 4.74. The maximum atomic E-state index is 12.1. The number of amides is 1. The van der Waals surface area contributed by atoms with Gasteiger partial charge in [0, 0.05) is 0 Å². The van der Waals surface area contributed by atoms with Crippen molar-refractivity contribution < 1.29 is 4.79 Å². The Hall–Kier alpha value is -1.78. The molecule has 1 aromatic heterocycles. The largest absolute Gasteiger partial charge is 0.397 e. The minimum Gasteiger partial charge on any atom is -0.397 e. The molecule has 2 aromatic rings. The van der Waals surface area contributed by atoms with E-state index in [9.17, 15) is 4.79 Å². The number of nitrogen functional groups attached to an aromatic ring is 1. The van der Waals surface area contributed by atoms with E-state index in [0.717, 1.165) is 0 Å². The highest BCUT2D eigenvalue weighted by Crippen LogP contribution is 2.30. The number of aryl methyl sites for hydroxylation is 1. The van der Waals surface area contributed by atoms with Crippen LogP contribution < -0.4 is 11.1 Å². The maximum Gasteiger partial charge on any atom is 0.257 e. The van der Waals surface area contributed by atoms with Gasteiger partial charge < -0.3 is 11.1 Å². The predicted octanol–water partition coefficient (Wildman–Crippen LogP) is 3.53. The molecule has 6 heteroatoms. The van der Waals surface area contributed by atoms with E-state index in [4.69, 9.17) is 28.9 Å². The molecule has 0 bridgehead atoms. The smallest absolute Gasteiger partial charge is 0.257 e. The zero-order valence-corrected chi connectivity index (χ0v) is 11.6. The summed E-state index contributed by atoms with van der Waals surface area (Å²) in [6.45, 7) is 1.73. The van der Waals surface area contributed by atoms with E-state index in [1.807, 2.05) is 0 Å². The lowest BCUT2D eigenvalue weighted by atomic mass is 10.1. The van der Waals surface area contributed by atoms with Crippen LogP contribution in [0, 0.1) is 6.92 Å². The monoisotopic (exact) mass is 295 g/mol. The lowest BCUT2D eigenvalue weighted by Crippen LogP contribution is -2.14. The molecule has 19 heavy (non-hydrogen) atoms. The maximum absolute atomic E-state index is 12.1. The third kappa shape index (κ3) is 2.97. The molecule has 0 saturated heterocycles. The van der Waals surface area contributed by atoms with Gasteiger partial charge in [-0.15, -0.1) is 0 Å². The number of rotatable bonds is 2. The van der Waals surface area contributed by atoms with Crippen molar-refractivity contribution in [1.29, 1.82) is 0 Å². The number of nitrogens with zero attached hydrogens (tertiary/aromatic N) is 1. The number of hydrogen-bond donors (Lipinski definition) is 2. The molecule has 0 aliphatic rings. The number of nitrogens with one attached hydrogen (secondary N) is 1. The van der Waals surface area contributed by atoms with E-state index < -0.39 is 0 Å².